The molecule has 17 heavy (non-hydrogen) atoms. The Kier molecular flexibility index (Phi) is 4.42. The number of nitrogens with zero attached hydrogens (tertiary/aromatic N) is 2. The van der Waals surface area contributed by atoms with Crippen LogP contribution in [-0.2, 0) is 0 Å². The molecule has 0 aromatic carbocycles. The molecule has 2 aliphatic heterocycles. The molecule has 2 fully saturated rings. The summed E-state index contributed by atoms with van der Waals surface area (Å²) >= 11 is 0. The lowest BCUT2D eigenvalue weighted by atomic mass is 9.94. The third-order valence-corrected chi connectivity index (χ3v) is 4.44. The highest BCUT2D eigenvalue weighted by Crippen LogP contribution is 2.22. The van der Waals surface area contributed by atoms with Crippen molar-refractivity contribution in [3.05, 3.63) is 0 Å². The number of hydrogen-bond acceptors (Lipinski definition) is 4. The van der Waals surface area contributed by atoms with Crippen LogP contribution in [0, 0.1) is 0 Å². The lowest BCUT2D eigenvalue weighted by molar-refractivity contribution is -0.0507. The topological polar surface area (TPSA) is 38.7 Å². The van der Waals surface area contributed by atoms with Crippen LogP contribution < -0.4 is 5.32 Å². The van der Waals surface area contributed by atoms with Gasteiger partial charge in [-0.05, 0) is 12.8 Å². The smallest absolute Gasteiger partial charge is 0.0768 e. The first-order chi connectivity index (χ1) is 8.17. The largest absolute Gasteiger partial charge is 0.389 e. The van der Waals surface area contributed by atoms with E-state index >= 15 is 0 Å². The maximum absolute atomic E-state index is 10.3. The van der Waals surface area contributed by atoms with E-state index in [4.69, 9.17) is 0 Å². The van der Waals surface area contributed by atoms with Crippen molar-refractivity contribution in [3.63, 3.8) is 0 Å². The summed E-state index contributed by atoms with van der Waals surface area (Å²) in [6, 6.07) is 0.732. The first-order valence-electron chi connectivity index (χ1n) is 7.06. The van der Waals surface area contributed by atoms with Gasteiger partial charge in [-0.15, -0.1) is 0 Å². The monoisotopic (exact) mass is 241 g/mol. The van der Waals surface area contributed by atoms with Gasteiger partial charge in [-0.1, -0.05) is 13.8 Å². The van der Waals surface area contributed by atoms with E-state index in [1.807, 2.05) is 0 Å². The van der Waals surface area contributed by atoms with Crippen molar-refractivity contribution in [2.75, 3.05) is 45.8 Å². The van der Waals surface area contributed by atoms with E-state index in [1.165, 1.54) is 13.1 Å². The number of piperazine rings is 1. The third kappa shape index (κ3) is 3.19. The summed E-state index contributed by atoms with van der Waals surface area (Å²) in [6.45, 7) is 11.9. The first-order valence-corrected chi connectivity index (χ1v) is 7.06. The van der Waals surface area contributed by atoms with Gasteiger partial charge in [0.15, 0.2) is 0 Å². The van der Waals surface area contributed by atoms with Crippen molar-refractivity contribution in [2.45, 2.75) is 38.3 Å². The molecule has 0 aromatic rings. The quantitative estimate of drug-likeness (QED) is 0.717. The minimum absolute atomic E-state index is 0.464. The van der Waals surface area contributed by atoms with E-state index < -0.39 is 5.60 Å². The summed E-state index contributed by atoms with van der Waals surface area (Å²) in [7, 11) is 0. The standard InChI is InChI=1S/C13H27N3O/c1-3-13(17,4-2)11-15-9-12(10-15)16-7-5-14-6-8-16/h12,14,17H,3-11H2,1-2H3. The van der Waals surface area contributed by atoms with Crippen molar-refractivity contribution in [2.24, 2.45) is 0 Å². The second kappa shape index (κ2) is 5.65. The summed E-state index contributed by atoms with van der Waals surface area (Å²) in [6.07, 6.45) is 1.72. The van der Waals surface area contributed by atoms with E-state index in [-0.39, 0.29) is 0 Å². The van der Waals surface area contributed by atoms with E-state index in [9.17, 15) is 5.11 Å². The fourth-order valence-electron chi connectivity index (χ4n) is 2.84. The zero-order chi connectivity index (χ0) is 12.3. The summed E-state index contributed by atoms with van der Waals surface area (Å²) < 4.78 is 0. The normalized spacial score (nSPS) is 24.9. The third-order valence-electron chi connectivity index (χ3n) is 4.44. The highest BCUT2D eigenvalue weighted by Gasteiger charge is 2.36. The highest BCUT2D eigenvalue weighted by atomic mass is 16.3. The average Bonchev–Trinajstić information content (AvgIpc) is 2.34. The van der Waals surface area contributed by atoms with E-state index in [1.54, 1.807) is 0 Å². The molecule has 0 saturated carbocycles. The Morgan fingerprint density at radius 2 is 1.76 bits per heavy atom. The Balaban J connectivity index is 1.71. The molecular formula is C13H27N3O. The second-order valence-corrected chi connectivity index (χ2v) is 5.57. The maximum atomic E-state index is 10.3. The molecule has 2 saturated heterocycles. The molecule has 0 unspecified atom stereocenters. The summed E-state index contributed by atoms with van der Waals surface area (Å²) in [5, 5.41) is 13.7. The SMILES string of the molecule is CCC(O)(CC)CN1CC(N2CCNCC2)C1. The molecule has 0 spiro atoms. The van der Waals surface area contributed by atoms with Crippen LogP contribution in [0.5, 0.6) is 0 Å². The molecule has 2 aliphatic rings. The van der Waals surface area contributed by atoms with Gasteiger partial charge in [0.05, 0.1) is 5.60 Å². The van der Waals surface area contributed by atoms with E-state index in [2.05, 4.69) is 29.0 Å². The molecule has 0 bridgehead atoms. The number of rotatable bonds is 5. The number of β-amino-alcohol motifs (C(OH)–C–C–N with tert-alkyl or cyclic N) is 1. The van der Waals surface area contributed by atoms with Gasteiger partial charge in [-0.3, -0.25) is 9.80 Å². The van der Waals surface area contributed by atoms with Gasteiger partial charge in [0.2, 0.25) is 0 Å². The van der Waals surface area contributed by atoms with Crippen molar-refractivity contribution >= 4 is 0 Å². The Morgan fingerprint density at radius 3 is 2.29 bits per heavy atom. The van der Waals surface area contributed by atoms with Crippen LogP contribution in [0.1, 0.15) is 26.7 Å². The molecule has 4 nitrogen and oxygen atoms in total. The molecule has 0 atom stereocenters. The Labute approximate surface area is 105 Å². The average molecular weight is 241 g/mol. The molecular weight excluding hydrogens is 214 g/mol. The molecule has 0 aromatic heterocycles. The van der Waals surface area contributed by atoms with Crippen LogP contribution >= 0.6 is 0 Å². The van der Waals surface area contributed by atoms with E-state index in [0.29, 0.717) is 0 Å². The molecule has 0 aliphatic carbocycles. The minimum atomic E-state index is -0.464. The minimum Gasteiger partial charge on any atom is -0.389 e. The lowest BCUT2D eigenvalue weighted by Gasteiger charge is -2.49. The van der Waals surface area contributed by atoms with Gasteiger partial charge >= 0.3 is 0 Å². The second-order valence-electron chi connectivity index (χ2n) is 5.57. The predicted octanol–water partition coefficient (Wildman–Crippen LogP) is 0.127. The number of hydrogen-bond donors (Lipinski definition) is 2. The molecule has 100 valence electrons. The summed E-state index contributed by atoms with van der Waals surface area (Å²) in [5.41, 5.74) is -0.464. The van der Waals surface area contributed by atoms with Crippen molar-refractivity contribution in [3.8, 4) is 0 Å². The first kappa shape index (κ1) is 13.3. The summed E-state index contributed by atoms with van der Waals surface area (Å²) in [5.74, 6) is 0. The number of nitrogens with one attached hydrogen (secondary N) is 1. The van der Waals surface area contributed by atoms with Crippen molar-refractivity contribution < 1.29 is 5.11 Å². The molecule has 0 amide bonds. The predicted molar refractivity (Wildman–Crippen MR) is 70.2 cm³/mol. The number of likely N-dealkylation sites (tertiary alicyclic amines) is 1. The molecule has 4 heteroatoms. The number of aliphatic hydroxyl groups is 1. The van der Waals surface area contributed by atoms with Gasteiger partial charge in [-0.2, -0.15) is 0 Å². The Morgan fingerprint density at radius 1 is 1.18 bits per heavy atom. The van der Waals surface area contributed by atoms with E-state index in [0.717, 1.165) is 51.6 Å². The Bertz CT molecular complexity index is 231. The van der Waals surface area contributed by atoms with Crippen LogP contribution in [0.4, 0.5) is 0 Å². The lowest BCUT2D eigenvalue weighted by Crippen LogP contribution is -2.64. The van der Waals surface area contributed by atoms with Crippen LogP contribution in [-0.4, -0.2) is 72.4 Å². The summed E-state index contributed by atoms with van der Waals surface area (Å²) in [4.78, 5) is 4.99. The van der Waals surface area contributed by atoms with Gasteiger partial charge in [0.25, 0.3) is 0 Å². The van der Waals surface area contributed by atoms with Gasteiger partial charge in [0.1, 0.15) is 0 Å². The van der Waals surface area contributed by atoms with Crippen molar-refractivity contribution in [1.29, 1.82) is 0 Å². The van der Waals surface area contributed by atoms with Crippen molar-refractivity contribution in [1.82, 2.24) is 15.1 Å². The molecule has 2 rings (SSSR count). The Hall–Kier alpha value is -0.160. The molecule has 0 radical (unpaired) electrons. The van der Waals surface area contributed by atoms with Gasteiger partial charge in [-0.25, -0.2) is 0 Å². The van der Waals surface area contributed by atoms with Gasteiger partial charge < -0.3 is 10.4 Å². The van der Waals surface area contributed by atoms with Crippen LogP contribution in [0.25, 0.3) is 0 Å². The zero-order valence-electron chi connectivity index (χ0n) is 11.3. The maximum Gasteiger partial charge on any atom is 0.0768 e. The van der Waals surface area contributed by atoms with Crippen LogP contribution in [0.15, 0.2) is 0 Å². The van der Waals surface area contributed by atoms with Gasteiger partial charge in [0, 0.05) is 51.9 Å². The molecule has 2 heterocycles. The fraction of sp³-hybridized carbons (Fsp3) is 1.00. The van der Waals surface area contributed by atoms with Crippen LogP contribution in [0.2, 0.25) is 0 Å². The fourth-order valence-corrected chi connectivity index (χ4v) is 2.84. The highest BCUT2D eigenvalue weighted by molar-refractivity contribution is 4.93. The zero-order valence-corrected chi connectivity index (χ0v) is 11.3. The van der Waals surface area contributed by atoms with Crippen LogP contribution in [0.3, 0.4) is 0 Å². The molecule has 2 N–H and O–H groups in total.